The van der Waals surface area contributed by atoms with E-state index in [4.69, 9.17) is 5.26 Å². The first-order valence-corrected chi connectivity index (χ1v) is 7.99. The maximum Gasteiger partial charge on any atom is 0.224 e. The molecule has 0 aliphatic rings. The van der Waals surface area contributed by atoms with E-state index in [9.17, 15) is 4.79 Å². The highest BCUT2D eigenvalue weighted by Gasteiger charge is 2.06. The molecule has 0 bridgehead atoms. The minimum Gasteiger partial charge on any atom is -0.369 e. The van der Waals surface area contributed by atoms with E-state index >= 15 is 0 Å². The molecule has 1 rings (SSSR count). The number of carbonyl (C=O) groups is 1. The monoisotopic (exact) mass is 304 g/mol. The quantitative estimate of drug-likeness (QED) is 0.478. The lowest BCUT2D eigenvalue weighted by Crippen LogP contribution is -2.11. The summed E-state index contributed by atoms with van der Waals surface area (Å²) in [6.45, 7) is 0. The molecule has 0 aliphatic carbocycles. The minimum atomic E-state index is -0.0301. The van der Waals surface area contributed by atoms with Gasteiger partial charge in [0.2, 0.25) is 5.91 Å². The van der Waals surface area contributed by atoms with Gasteiger partial charge < -0.3 is 10.2 Å². The summed E-state index contributed by atoms with van der Waals surface area (Å²) < 4.78 is 0. The van der Waals surface area contributed by atoms with Gasteiger partial charge in [-0.3, -0.25) is 4.79 Å². The zero-order valence-electron chi connectivity index (χ0n) is 12.6. The van der Waals surface area contributed by atoms with Crippen molar-refractivity contribution in [2.45, 2.75) is 12.8 Å². The Balaban J connectivity index is 2.74. The van der Waals surface area contributed by atoms with Gasteiger partial charge in [-0.15, -0.1) is 0 Å². The van der Waals surface area contributed by atoms with Crippen LogP contribution in [0.15, 0.2) is 23.2 Å². The predicted molar refractivity (Wildman–Crippen MR) is 89.2 cm³/mol. The van der Waals surface area contributed by atoms with Crippen LogP contribution in [0.2, 0.25) is 0 Å². The van der Waals surface area contributed by atoms with Gasteiger partial charge in [-0.05, 0) is 36.6 Å². The number of benzene rings is 1. The van der Waals surface area contributed by atoms with E-state index in [0.29, 0.717) is 23.4 Å². The molecular weight excluding hydrogens is 284 g/mol. The van der Waals surface area contributed by atoms with Gasteiger partial charge in [0.15, 0.2) is 0 Å². The van der Waals surface area contributed by atoms with Crippen molar-refractivity contribution in [1.29, 1.82) is 5.26 Å². The molecule has 1 aromatic rings. The summed E-state index contributed by atoms with van der Waals surface area (Å²) in [5.74, 6) is 0.937. The summed E-state index contributed by atoms with van der Waals surface area (Å²) in [5, 5.41) is 12.0. The summed E-state index contributed by atoms with van der Waals surface area (Å²) in [7, 11) is 3.72. The van der Waals surface area contributed by atoms with Crippen LogP contribution >= 0.6 is 11.8 Å². The van der Waals surface area contributed by atoms with Crippen LogP contribution in [0.1, 0.15) is 18.4 Å². The normalized spacial score (nSPS) is 10.4. The van der Waals surface area contributed by atoms with Gasteiger partial charge in [-0.25, -0.2) is 4.99 Å². The molecule has 0 unspecified atom stereocenters. The largest absolute Gasteiger partial charge is 0.369 e. The van der Waals surface area contributed by atoms with Gasteiger partial charge in [-0.2, -0.15) is 17.0 Å². The number of anilines is 1. The van der Waals surface area contributed by atoms with E-state index in [1.54, 1.807) is 41.2 Å². The molecular formula is C15H20N4OS. The summed E-state index contributed by atoms with van der Waals surface area (Å²) in [6, 6.07) is 7.24. The van der Waals surface area contributed by atoms with Crippen molar-refractivity contribution in [2.75, 3.05) is 31.4 Å². The topological polar surface area (TPSA) is 68.5 Å². The summed E-state index contributed by atoms with van der Waals surface area (Å²) in [4.78, 5) is 17.8. The van der Waals surface area contributed by atoms with Crippen molar-refractivity contribution < 1.29 is 4.79 Å². The molecule has 0 saturated carbocycles. The number of rotatable bonds is 7. The molecule has 1 aromatic carbocycles. The van der Waals surface area contributed by atoms with Crippen LogP contribution < -0.4 is 5.32 Å². The third-order valence-corrected chi connectivity index (χ3v) is 3.28. The fourth-order valence-corrected chi connectivity index (χ4v) is 2.03. The number of aliphatic imine (C=N–C) groups is 1. The molecule has 0 fully saturated rings. The Morgan fingerprint density at radius 1 is 1.52 bits per heavy atom. The molecule has 6 heteroatoms. The van der Waals surface area contributed by atoms with Gasteiger partial charge in [0.25, 0.3) is 0 Å². The molecule has 0 aromatic heterocycles. The third-order valence-electron chi connectivity index (χ3n) is 2.58. The van der Waals surface area contributed by atoms with Crippen LogP contribution in [-0.2, 0) is 4.79 Å². The van der Waals surface area contributed by atoms with E-state index in [0.717, 1.165) is 12.2 Å². The van der Waals surface area contributed by atoms with Crippen LogP contribution in [0.25, 0.3) is 0 Å². The number of hydrogen-bond donors (Lipinski definition) is 1. The number of amides is 1. The Morgan fingerprint density at radius 2 is 2.29 bits per heavy atom. The van der Waals surface area contributed by atoms with Crippen molar-refractivity contribution in [1.82, 2.24) is 4.90 Å². The second-order valence-electron chi connectivity index (χ2n) is 4.70. The Kier molecular flexibility index (Phi) is 7.33. The Hall–Kier alpha value is -2.00. The molecule has 112 valence electrons. The van der Waals surface area contributed by atoms with E-state index < -0.39 is 0 Å². The summed E-state index contributed by atoms with van der Waals surface area (Å²) >= 11 is 1.72. The first-order valence-electron chi connectivity index (χ1n) is 6.60. The molecule has 0 saturated heterocycles. The van der Waals surface area contributed by atoms with Crippen LogP contribution in [0, 0.1) is 11.3 Å². The zero-order chi connectivity index (χ0) is 15.7. The molecule has 0 heterocycles. The molecule has 21 heavy (non-hydrogen) atoms. The number of thioether (sulfide) groups is 1. The number of carbonyl (C=O) groups excluding carboxylic acids is 1. The van der Waals surface area contributed by atoms with Gasteiger partial charge in [0.05, 0.1) is 17.6 Å². The Labute approximate surface area is 130 Å². The average molecular weight is 304 g/mol. The molecule has 0 radical (unpaired) electrons. The lowest BCUT2D eigenvalue weighted by molar-refractivity contribution is -0.116. The van der Waals surface area contributed by atoms with Gasteiger partial charge in [-0.1, -0.05) is 0 Å². The van der Waals surface area contributed by atoms with E-state index in [1.165, 1.54) is 0 Å². The number of nitriles is 1. The SMILES string of the molecule is CSCCCC(=O)Nc1ccc(N=CN(C)C)c(C#N)c1. The zero-order valence-corrected chi connectivity index (χ0v) is 13.4. The highest BCUT2D eigenvalue weighted by atomic mass is 32.2. The standard InChI is InChI=1S/C15H20N4OS/c1-19(2)11-17-14-7-6-13(9-12(14)10-16)18-15(20)5-4-8-21-3/h6-7,9,11H,4-5,8H2,1-3H3,(H,18,20). The number of hydrogen-bond acceptors (Lipinski definition) is 4. The summed E-state index contributed by atoms with van der Waals surface area (Å²) in [6.07, 6.45) is 4.99. The van der Waals surface area contributed by atoms with E-state index in [1.807, 2.05) is 20.4 Å². The minimum absolute atomic E-state index is 0.0301. The average Bonchev–Trinajstić information content (AvgIpc) is 2.45. The fraction of sp³-hybridized carbons (Fsp3) is 0.400. The predicted octanol–water partition coefficient (Wildman–Crippen LogP) is 2.86. The van der Waals surface area contributed by atoms with Gasteiger partial charge >= 0.3 is 0 Å². The summed E-state index contributed by atoms with van der Waals surface area (Å²) in [5.41, 5.74) is 1.66. The fourth-order valence-electron chi connectivity index (χ4n) is 1.59. The Morgan fingerprint density at radius 3 is 2.90 bits per heavy atom. The van der Waals surface area contributed by atoms with Crippen molar-refractivity contribution in [3.63, 3.8) is 0 Å². The lowest BCUT2D eigenvalue weighted by atomic mass is 10.1. The Bertz CT molecular complexity index is 549. The molecule has 1 N–H and O–H groups in total. The number of nitrogens with one attached hydrogen (secondary N) is 1. The first-order chi connectivity index (χ1) is 10.1. The second-order valence-corrected chi connectivity index (χ2v) is 5.68. The molecule has 0 atom stereocenters. The van der Waals surface area contributed by atoms with Crippen molar-refractivity contribution >= 4 is 35.4 Å². The van der Waals surface area contributed by atoms with Crippen molar-refractivity contribution in [3.05, 3.63) is 23.8 Å². The van der Waals surface area contributed by atoms with Crippen LogP contribution in [0.4, 0.5) is 11.4 Å². The molecule has 5 nitrogen and oxygen atoms in total. The first kappa shape index (κ1) is 17.1. The maximum atomic E-state index is 11.7. The maximum absolute atomic E-state index is 11.7. The van der Waals surface area contributed by atoms with Crippen molar-refractivity contribution in [3.8, 4) is 6.07 Å². The lowest BCUT2D eigenvalue weighted by Gasteiger charge is -2.07. The highest BCUT2D eigenvalue weighted by molar-refractivity contribution is 7.98. The smallest absolute Gasteiger partial charge is 0.224 e. The molecule has 0 spiro atoms. The second kappa shape index (κ2) is 9.03. The van der Waals surface area contributed by atoms with Crippen LogP contribution in [0.5, 0.6) is 0 Å². The van der Waals surface area contributed by atoms with Crippen LogP contribution in [-0.4, -0.2) is 43.2 Å². The molecule has 0 aliphatic heterocycles. The van der Waals surface area contributed by atoms with Crippen LogP contribution in [0.3, 0.4) is 0 Å². The highest BCUT2D eigenvalue weighted by Crippen LogP contribution is 2.22. The third kappa shape index (κ3) is 6.32. The van der Waals surface area contributed by atoms with E-state index in [-0.39, 0.29) is 5.91 Å². The van der Waals surface area contributed by atoms with Gasteiger partial charge in [0, 0.05) is 26.2 Å². The van der Waals surface area contributed by atoms with Gasteiger partial charge in [0.1, 0.15) is 6.07 Å². The number of nitrogens with zero attached hydrogens (tertiary/aromatic N) is 3. The molecule has 1 amide bonds. The van der Waals surface area contributed by atoms with Crippen molar-refractivity contribution in [2.24, 2.45) is 4.99 Å². The van der Waals surface area contributed by atoms with E-state index in [2.05, 4.69) is 16.4 Å².